The van der Waals surface area contributed by atoms with E-state index in [-0.39, 0.29) is 16.4 Å². The van der Waals surface area contributed by atoms with E-state index in [2.05, 4.69) is 54.8 Å². The maximum atomic E-state index is 12.5. The monoisotopic (exact) mass is 396 g/mol. The van der Waals surface area contributed by atoms with Crippen molar-refractivity contribution in [1.82, 2.24) is 9.78 Å². The van der Waals surface area contributed by atoms with Gasteiger partial charge in [-0.3, -0.25) is 14.6 Å². The first-order valence-corrected chi connectivity index (χ1v) is 9.07. The molecule has 28 heavy (non-hydrogen) atoms. The molecule has 8 heteroatoms. The average molecular weight is 396 g/mol. The summed E-state index contributed by atoms with van der Waals surface area (Å²) in [4.78, 5) is 21.4. The smallest absolute Gasteiger partial charge is 0.475 e. The lowest BCUT2D eigenvalue weighted by Gasteiger charge is -2.35. The van der Waals surface area contributed by atoms with Crippen LogP contribution in [0.1, 0.15) is 56.4 Å². The lowest BCUT2D eigenvalue weighted by molar-refractivity contribution is -0.192. The van der Waals surface area contributed by atoms with Gasteiger partial charge in [0.15, 0.2) is 0 Å². The van der Waals surface area contributed by atoms with Crippen molar-refractivity contribution in [2.45, 2.75) is 57.7 Å². The second kappa shape index (κ2) is 6.53. The molecule has 152 valence electrons. The third-order valence-corrected chi connectivity index (χ3v) is 6.53. The molecule has 2 atom stereocenters. The number of hydrogen-bond acceptors (Lipinski definition) is 2. The molecule has 0 amide bonds. The van der Waals surface area contributed by atoms with Gasteiger partial charge in [0.1, 0.15) is 0 Å². The fourth-order valence-electron chi connectivity index (χ4n) is 4.72. The minimum Gasteiger partial charge on any atom is -0.475 e. The normalized spacial score (nSPS) is 24.4. The number of aromatic amines is 1. The molecular weight excluding hydrogens is 373 g/mol. The van der Waals surface area contributed by atoms with E-state index in [0.29, 0.717) is 5.92 Å². The Morgan fingerprint density at radius 1 is 1.25 bits per heavy atom. The van der Waals surface area contributed by atoms with E-state index < -0.39 is 12.1 Å². The molecule has 2 aromatic rings. The number of benzene rings is 1. The molecule has 2 aliphatic carbocycles. The zero-order valence-electron chi connectivity index (χ0n) is 15.9. The van der Waals surface area contributed by atoms with Crippen molar-refractivity contribution in [2.24, 2.45) is 5.41 Å². The highest BCUT2D eigenvalue weighted by molar-refractivity contribution is 5.73. The van der Waals surface area contributed by atoms with Crippen LogP contribution in [0.5, 0.6) is 0 Å². The van der Waals surface area contributed by atoms with E-state index in [9.17, 15) is 18.0 Å². The number of carboxylic acids is 1. The van der Waals surface area contributed by atoms with Crippen LogP contribution in [0.25, 0.3) is 0 Å². The number of nitrogens with zero attached hydrogens (tertiary/aromatic N) is 1. The van der Waals surface area contributed by atoms with Gasteiger partial charge in [0.25, 0.3) is 5.56 Å². The standard InChI is InChI=1S/C18H22N2O.C2HF3O2/c1-17(2)13-9-10-18(17,3)15-14(13)16(21)19-20(15)11-12-7-5-4-6-8-12;3-2(4,5)1(6)7/h4-8,13H,9-11H2,1-3H3,(H,19,21);(H,6,7)/t13-,18+;/m0./s1. The average Bonchev–Trinajstić information content (AvgIpc) is 3.10. The van der Waals surface area contributed by atoms with Crippen molar-refractivity contribution in [3.63, 3.8) is 0 Å². The van der Waals surface area contributed by atoms with E-state index in [1.54, 1.807) is 0 Å². The first-order chi connectivity index (χ1) is 12.9. The Morgan fingerprint density at radius 3 is 2.36 bits per heavy atom. The number of carboxylic acid groups (broad SMARTS) is 1. The maximum absolute atomic E-state index is 12.5. The van der Waals surface area contributed by atoms with Crippen molar-refractivity contribution in [2.75, 3.05) is 0 Å². The second-order valence-corrected chi connectivity index (χ2v) is 8.22. The molecule has 2 aliphatic rings. The Bertz CT molecular complexity index is 944. The van der Waals surface area contributed by atoms with Crippen molar-refractivity contribution in [3.8, 4) is 0 Å². The van der Waals surface area contributed by atoms with E-state index in [0.717, 1.165) is 18.5 Å². The van der Waals surface area contributed by atoms with Gasteiger partial charge < -0.3 is 5.11 Å². The van der Waals surface area contributed by atoms with Crippen LogP contribution in [0, 0.1) is 5.41 Å². The molecular formula is C20H23F3N2O3. The number of rotatable bonds is 2. The summed E-state index contributed by atoms with van der Waals surface area (Å²) in [6, 6.07) is 10.4. The Labute approximate surface area is 160 Å². The number of H-pyrrole nitrogens is 1. The Morgan fingerprint density at radius 2 is 1.82 bits per heavy atom. The van der Waals surface area contributed by atoms with Crippen molar-refractivity contribution in [1.29, 1.82) is 0 Å². The van der Waals surface area contributed by atoms with Gasteiger partial charge in [0.05, 0.1) is 12.2 Å². The molecule has 0 spiro atoms. The summed E-state index contributed by atoms with van der Waals surface area (Å²) in [7, 11) is 0. The molecule has 1 fully saturated rings. The molecule has 2 bridgehead atoms. The van der Waals surface area contributed by atoms with Crippen molar-refractivity contribution < 1.29 is 23.1 Å². The van der Waals surface area contributed by atoms with Gasteiger partial charge in [-0.15, -0.1) is 0 Å². The zero-order chi connectivity index (χ0) is 20.9. The summed E-state index contributed by atoms with van der Waals surface area (Å²) in [5.41, 5.74) is 3.98. The van der Waals surface area contributed by atoms with Gasteiger partial charge in [0, 0.05) is 11.0 Å². The number of nitrogens with one attached hydrogen (secondary N) is 1. The maximum Gasteiger partial charge on any atom is 0.490 e. The summed E-state index contributed by atoms with van der Waals surface area (Å²) in [5, 5.41) is 10.2. The highest BCUT2D eigenvalue weighted by atomic mass is 19.4. The van der Waals surface area contributed by atoms with Crippen LogP contribution >= 0.6 is 0 Å². The molecule has 4 rings (SSSR count). The summed E-state index contributed by atoms with van der Waals surface area (Å²) in [5.74, 6) is -2.34. The van der Waals surface area contributed by atoms with E-state index >= 15 is 0 Å². The minimum absolute atomic E-state index is 0.112. The molecule has 0 aliphatic heterocycles. The van der Waals surface area contributed by atoms with Gasteiger partial charge >= 0.3 is 12.1 Å². The third kappa shape index (κ3) is 3.04. The predicted molar refractivity (Wildman–Crippen MR) is 97.4 cm³/mol. The lowest BCUT2D eigenvalue weighted by Crippen LogP contribution is -2.34. The molecule has 1 aromatic heterocycles. The summed E-state index contributed by atoms with van der Waals surface area (Å²) in [6.45, 7) is 7.76. The SMILES string of the molecule is CC1(C)[C@H]2CC[C@]1(C)c1c2c(=O)[nH]n1Cc1ccccc1.O=C(O)C(F)(F)F. The van der Waals surface area contributed by atoms with Crippen LogP contribution in [-0.4, -0.2) is 27.0 Å². The lowest BCUT2D eigenvalue weighted by atomic mass is 9.70. The number of aromatic nitrogens is 2. The van der Waals surface area contributed by atoms with Crippen molar-refractivity contribution in [3.05, 3.63) is 57.5 Å². The topological polar surface area (TPSA) is 75.1 Å². The van der Waals surface area contributed by atoms with Crippen molar-refractivity contribution >= 4 is 5.97 Å². The second-order valence-electron chi connectivity index (χ2n) is 8.22. The van der Waals surface area contributed by atoms with Crippen LogP contribution in [-0.2, 0) is 16.8 Å². The first kappa shape index (κ1) is 20.2. The number of hydrogen-bond donors (Lipinski definition) is 2. The Balaban J connectivity index is 0.000000279. The Hall–Kier alpha value is -2.51. The Kier molecular flexibility index (Phi) is 4.72. The van der Waals surface area contributed by atoms with Crippen LogP contribution < -0.4 is 5.56 Å². The number of fused-ring (bicyclic) bond motifs is 5. The van der Waals surface area contributed by atoms with E-state index in [4.69, 9.17) is 9.90 Å². The fraction of sp³-hybridized carbons (Fsp3) is 0.500. The van der Waals surface area contributed by atoms with Crippen LogP contribution in [0.4, 0.5) is 13.2 Å². The number of halogens is 3. The summed E-state index contributed by atoms with van der Waals surface area (Å²) in [6.07, 6.45) is -2.75. The highest BCUT2D eigenvalue weighted by Gasteiger charge is 2.62. The first-order valence-electron chi connectivity index (χ1n) is 9.07. The molecule has 5 nitrogen and oxygen atoms in total. The molecule has 0 saturated heterocycles. The summed E-state index contributed by atoms with van der Waals surface area (Å²) >= 11 is 0. The number of carbonyl (C=O) groups is 1. The van der Waals surface area contributed by atoms with E-state index in [1.807, 2.05) is 6.07 Å². The van der Waals surface area contributed by atoms with Crippen LogP contribution in [0.3, 0.4) is 0 Å². The van der Waals surface area contributed by atoms with Gasteiger partial charge in [-0.05, 0) is 29.7 Å². The third-order valence-electron chi connectivity index (χ3n) is 6.53. The molecule has 0 unspecified atom stereocenters. The summed E-state index contributed by atoms with van der Waals surface area (Å²) < 4.78 is 33.8. The number of alkyl halides is 3. The molecule has 1 heterocycles. The molecule has 1 aromatic carbocycles. The minimum atomic E-state index is -5.08. The number of aliphatic carboxylic acids is 1. The fourth-order valence-corrected chi connectivity index (χ4v) is 4.72. The highest BCUT2D eigenvalue weighted by Crippen LogP contribution is 2.66. The quantitative estimate of drug-likeness (QED) is 0.805. The van der Waals surface area contributed by atoms with Gasteiger partial charge in [0.2, 0.25) is 0 Å². The molecule has 0 radical (unpaired) electrons. The predicted octanol–water partition coefficient (Wildman–Crippen LogP) is 4.03. The largest absolute Gasteiger partial charge is 0.490 e. The molecule has 1 saturated carbocycles. The van der Waals surface area contributed by atoms with E-state index in [1.165, 1.54) is 17.7 Å². The van der Waals surface area contributed by atoms with Crippen LogP contribution in [0.15, 0.2) is 35.1 Å². The van der Waals surface area contributed by atoms with Gasteiger partial charge in [-0.1, -0.05) is 51.1 Å². The van der Waals surface area contributed by atoms with Gasteiger partial charge in [-0.2, -0.15) is 13.2 Å². The van der Waals surface area contributed by atoms with Crippen LogP contribution in [0.2, 0.25) is 0 Å². The zero-order valence-corrected chi connectivity index (χ0v) is 15.9. The molecule has 2 N–H and O–H groups in total. The van der Waals surface area contributed by atoms with Gasteiger partial charge in [-0.25, -0.2) is 4.79 Å².